The number of methoxy groups -OCH3 is 1. The molecule has 132 valence electrons. The van der Waals surface area contributed by atoms with E-state index in [-0.39, 0.29) is 12.3 Å². The average Bonchev–Trinajstić information content (AvgIpc) is 2.99. The first-order valence-corrected chi connectivity index (χ1v) is 7.05. The van der Waals surface area contributed by atoms with Gasteiger partial charge in [-0.25, -0.2) is 0 Å². The van der Waals surface area contributed by atoms with Crippen LogP contribution >= 0.6 is 0 Å². The van der Waals surface area contributed by atoms with Crippen LogP contribution < -0.4 is 9.47 Å². The first kappa shape index (κ1) is 17.9. The monoisotopic (exact) mass is 347 g/mol. The minimum atomic E-state index is -4.93. The molecule has 1 N–H and O–H groups in total. The summed E-state index contributed by atoms with van der Waals surface area (Å²) in [4.78, 5) is 24.0. The van der Waals surface area contributed by atoms with Gasteiger partial charge in [-0.2, -0.15) is 13.2 Å². The number of carboxylic acid groups (broad SMARTS) is 1. The Kier molecular flexibility index (Phi) is 4.91. The van der Waals surface area contributed by atoms with Crippen molar-refractivity contribution in [3.63, 3.8) is 0 Å². The van der Waals surface area contributed by atoms with Gasteiger partial charge in [0.2, 0.25) is 0 Å². The number of ether oxygens (including phenoxy) is 2. The van der Waals surface area contributed by atoms with E-state index in [2.05, 4.69) is 0 Å². The Morgan fingerprint density at radius 3 is 2.42 bits per heavy atom. The highest BCUT2D eigenvalue weighted by molar-refractivity contribution is 5.82. The summed E-state index contributed by atoms with van der Waals surface area (Å²) in [7, 11) is 1.41. The molecule has 1 unspecified atom stereocenters. The van der Waals surface area contributed by atoms with Gasteiger partial charge in [-0.05, 0) is 18.6 Å². The van der Waals surface area contributed by atoms with E-state index in [0.29, 0.717) is 5.75 Å². The van der Waals surface area contributed by atoms with E-state index in [4.69, 9.17) is 14.6 Å². The molecule has 0 bridgehead atoms. The summed E-state index contributed by atoms with van der Waals surface area (Å²) in [6.07, 6.45) is -5.61. The number of carbonyl (C=O) groups is 2. The van der Waals surface area contributed by atoms with Crippen molar-refractivity contribution in [1.29, 1.82) is 0 Å². The number of para-hydroxylation sites is 2. The maximum absolute atomic E-state index is 13.1. The first-order valence-electron chi connectivity index (χ1n) is 7.05. The fourth-order valence-electron chi connectivity index (χ4n) is 2.52. The summed E-state index contributed by atoms with van der Waals surface area (Å²) >= 11 is 0. The van der Waals surface area contributed by atoms with E-state index in [0.717, 1.165) is 4.90 Å². The Balaban J connectivity index is 2.03. The van der Waals surface area contributed by atoms with Crippen molar-refractivity contribution in [2.24, 2.45) is 5.41 Å². The summed E-state index contributed by atoms with van der Waals surface area (Å²) in [5, 5.41) is 8.97. The molecule has 0 aromatic heterocycles. The maximum Gasteiger partial charge on any atom is 0.406 e. The highest BCUT2D eigenvalue weighted by Crippen LogP contribution is 2.45. The Morgan fingerprint density at radius 2 is 1.92 bits per heavy atom. The molecule has 1 aromatic carbocycles. The van der Waals surface area contributed by atoms with Gasteiger partial charge in [0, 0.05) is 13.1 Å². The Morgan fingerprint density at radius 1 is 1.29 bits per heavy atom. The zero-order chi connectivity index (χ0) is 18.0. The quantitative estimate of drug-likeness (QED) is 0.881. The fourth-order valence-corrected chi connectivity index (χ4v) is 2.52. The number of amides is 1. The lowest BCUT2D eigenvalue weighted by Gasteiger charge is -2.27. The highest BCUT2D eigenvalue weighted by atomic mass is 19.4. The number of carboxylic acids is 1. The average molecular weight is 347 g/mol. The van der Waals surface area contributed by atoms with Crippen molar-refractivity contribution in [3.8, 4) is 11.5 Å². The van der Waals surface area contributed by atoms with Gasteiger partial charge >= 0.3 is 12.1 Å². The van der Waals surface area contributed by atoms with Crippen molar-refractivity contribution in [2.75, 3.05) is 26.8 Å². The van der Waals surface area contributed by atoms with Crippen LogP contribution in [0.15, 0.2) is 24.3 Å². The lowest BCUT2D eigenvalue weighted by molar-refractivity contribution is -0.227. The van der Waals surface area contributed by atoms with Crippen molar-refractivity contribution in [1.82, 2.24) is 4.90 Å². The van der Waals surface area contributed by atoms with Crippen LogP contribution in [-0.2, 0) is 9.59 Å². The molecule has 6 nitrogen and oxygen atoms in total. The standard InChI is InChI=1S/C15H16F3NO5/c1-23-10-4-2-3-5-11(10)24-8-12(20)19-7-6-14(9-19,13(21)22)15(16,17)18/h2-5H,6-9H2,1H3,(H,21,22). The molecule has 0 radical (unpaired) electrons. The molecule has 1 aliphatic rings. The number of rotatable bonds is 5. The smallest absolute Gasteiger partial charge is 0.406 e. The summed E-state index contributed by atoms with van der Waals surface area (Å²) < 4.78 is 49.6. The van der Waals surface area contributed by atoms with Crippen LogP contribution in [0.1, 0.15) is 6.42 Å². The van der Waals surface area contributed by atoms with Gasteiger partial charge < -0.3 is 19.5 Å². The van der Waals surface area contributed by atoms with Crippen LogP contribution in [0.5, 0.6) is 11.5 Å². The number of hydrogen-bond acceptors (Lipinski definition) is 4. The van der Waals surface area contributed by atoms with Gasteiger partial charge in [-0.15, -0.1) is 0 Å². The Hall–Kier alpha value is -2.45. The number of alkyl halides is 3. The third-order valence-corrected chi connectivity index (χ3v) is 3.99. The molecule has 9 heteroatoms. The molecule has 2 rings (SSSR count). The van der Waals surface area contributed by atoms with E-state index in [1.807, 2.05) is 0 Å². The van der Waals surface area contributed by atoms with Gasteiger partial charge in [-0.1, -0.05) is 12.1 Å². The molecule has 1 saturated heterocycles. The number of hydrogen-bond donors (Lipinski definition) is 1. The number of nitrogens with zero attached hydrogens (tertiary/aromatic N) is 1. The summed E-state index contributed by atoms with van der Waals surface area (Å²) in [5.74, 6) is -2.04. The number of aliphatic carboxylic acids is 1. The Bertz CT molecular complexity index is 634. The van der Waals surface area contributed by atoms with E-state index >= 15 is 0 Å². The molecule has 0 spiro atoms. The van der Waals surface area contributed by atoms with Crippen LogP contribution in [0.3, 0.4) is 0 Å². The van der Waals surface area contributed by atoms with Crippen LogP contribution in [0.25, 0.3) is 0 Å². The predicted octanol–water partition coefficient (Wildman–Crippen LogP) is 1.94. The largest absolute Gasteiger partial charge is 0.493 e. The fraction of sp³-hybridized carbons (Fsp3) is 0.467. The summed E-state index contributed by atoms with van der Waals surface area (Å²) in [6, 6.07) is 6.50. The molecule has 1 aromatic rings. The van der Waals surface area contributed by atoms with Crippen LogP contribution in [0.2, 0.25) is 0 Å². The second-order valence-corrected chi connectivity index (χ2v) is 5.39. The van der Waals surface area contributed by atoms with Crippen LogP contribution in [0.4, 0.5) is 13.2 Å². The third-order valence-electron chi connectivity index (χ3n) is 3.99. The summed E-state index contributed by atoms with van der Waals surface area (Å²) in [6.45, 7) is -1.71. The van der Waals surface area contributed by atoms with Crippen LogP contribution in [0, 0.1) is 5.41 Å². The minimum Gasteiger partial charge on any atom is -0.493 e. The highest BCUT2D eigenvalue weighted by Gasteiger charge is 2.64. The summed E-state index contributed by atoms with van der Waals surface area (Å²) in [5.41, 5.74) is -2.92. The molecular formula is C15H16F3NO5. The number of likely N-dealkylation sites (tertiary alicyclic amines) is 1. The van der Waals surface area contributed by atoms with E-state index in [1.54, 1.807) is 24.3 Å². The SMILES string of the molecule is COc1ccccc1OCC(=O)N1CCC(C(=O)O)(C(F)(F)F)C1. The van der Waals surface area contributed by atoms with Gasteiger partial charge in [-0.3, -0.25) is 9.59 Å². The lowest BCUT2D eigenvalue weighted by atomic mass is 9.86. The molecule has 0 aliphatic carbocycles. The first-order chi connectivity index (χ1) is 11.2. The Labute approximate surface area is 135 Å². The molecule has 0 saturated carbocycles. The number of carbonyl (C=O) groups excluding carboxylic acids is 1. The van der Waals surface area contributed by atoms with Crippen molar-refractivity contribution >= 4 is 11.9 Å². The molecular weight excluding hydrogens is 331 g/mol. The van der Waals surface area contributed by atoms with E-state index in [1.165, 1.54) is 7.11 Å². The zero-order valence-corrected chi connectivity index (χ0v) is 12.8. The second kappa shape index (κ2) is 6.58. The van der Waals surface area contributed by atoms with Crippen molar-refractivity contribution in [3.05, 3.63) is 24.3 Å². The molecule has 24 heavy (non-hydrogen) atoms. The molecule has 1 heterocycles. The van der Waals surface area contributed by atoms with Crippen LogP contribution in [-0.4, -0.2) is 54.9 Å². The predicted molar refractivity (Wildman–Crippen MR) is 75.8 cm³/mol. The second-order valence-electron chi connectivity index (χ2n) is 5.39. The maximum atomic E-state index is 13.1. The third kappa shape index (κ3) is 3.24. The van der Waals surface area contributed by atoms with Crippen molar-refractivity contribution < 1.29 is 37.3 Å². The molecule has 1 fully saturated rings. The minimum absolute atomic E-state index is 0.271. The molecule has 1 atom stereocenters. The normalized spacial score (nSPS) is 20.8. The lowest BCUT2D eigenvalue weighted by Crippen LogP contribution is -2.48. The topological polar surface area (TPSA) is 76.1 Å². The van der Waals surface area contributed by atoms with Gasteiger partial charge in [0.05, 0.1) is 7.11 Å². The molecule has 1 aliphatic heterocycles. The van der Waals surface area contributed by atoms with Crippen molar-refractivity contribution in [2.45, 2.75) is 12.6 Å². The number of halogens is 3. The van der Waals surface area contributed by atoms with Gasteiger partial charge in [0.1, 0.15) is 0 Å². The van der Waals surface area contributed by atoms with E-state index < -0.39 is 43.0 Å². The van der Waals surface area contributed by atoms with Gasteiger partial charge in [0.25, 0.3) is 5.91 Å². The zero-order valence-electron chi connectivity index (χ0n) is 12.8. The number of benzene rings is 1. The molecule has 1 amide bonds. The van der Waals surface area contributed by atoms with E-state index in [9.17, 15) is 22.8 Å². The van der Waals surface area contributed by atoms with Gasteiger partial charge in [0.15, 0.2) is 23.5 Å².